The molecule has 2 heterocycles. The summed E-state index contributed by atoms with van der Waals surface area (Å²) >= 11 is 0. The number of nitrogens with one attached hydrogen (secondary N) is 2. The van der Waals surface area contributed by atoms with E-state index in [1.54, 1.807) is 12.1 Å². The van der Waals surface area contributed by atoms with Gasteiger partial charge in [-0.05, 0) is 30.3 Å². The van der Waals surface area contributed by atoms with Gasteiger partial charge < -0.3 is 19.9 Å². The van der Waals surface area contributed by atoms with Gasteiger partial charge in [-0.1, -0.05) is 36.4 Å². The van der Waals surface area contributed by atoms with E-state index in [0.717, 1.165) is 11.0 Å². The van der Waals surface area contributed by atoms with Gasteiger partial charge >= 0.3 is 12.5 Å². The predicted molar refractivity (Wildman–Crippen MR) is 117 cm³/mol. The zero-order valence-corrected chi connectivity index (χ0v) is 17.5. The number of anilines is 2. The lowest BCUT2D eigenvalue weighted by molar-refractivity contribution is -0.274. The van der Waals surface area contributed by atoms with Crippen molar-refractivity contribution in [3.63, 3.8) is 0 Å². The number of aromatic nitrogens is 2. The third-order valence-electron chi connectivity index (χ3n) is 5.50. The van der Waals surface area contributed by atoms with E-state index < -0.39 is 29.8 Å². The van der Waals surface area contributed by atoms with Crippen LogP contribution in [0.25, 0.3) is 11.0 Å². The molecule has 178 valence electrons. The minimum atomic E-state index is -5.04. The second-order valence-corrected chi connectivity index (χ2v) is 7.62. The predicted octanol–water partition coefficient (Wildman–Crippen LogP) is 4.41. The maximum Gasteiger partial charge on any atom is 0.573 e. The van der Waals surface area contributed by atoms with E-state index in [1.807, 2.05) is 0 Å². The molecule has 0 saturated carbocycles. The molecule has 1 aromatic heterocycles. The van der Waals surface area contributed by atoms with Crippen LogP contribution in [0.5, 0.6) is 5.75 Å². The van der Waals surface area contributed by atoms with Crippen LogP contribution in [-0.4, -0.2) is 38.5 Å². The van der Waals surface area contributed by atoms with Crippen LogP contribution in [0.3, 0.4) is 0 Å². The molecular formula is C23H15F3N4O5. The van der Waals surface area contributed by atoms with E-state index in [2.05, 4.69) is 20.0 Å². The molecule has 4 aromatic rings. The summed E-state index contributed by atoms with van der Waals surface area (Å²) in [6.07, 6.45) is -6.38. The number of alkyl halides is 3. The van der Waals surface area contributed by atoms with Gasteiger partial charge in [0.2, 0.25) is 5.95 Å². The van der Waals surface area contributed by atoms with Crippen LogP contribution in [0.4, 0.5) is 29.6 Å². The minimum Gasteiger partial charge on any atom is -0.465 e. The zero-order chi connectivity index (χ0) is 25.0. The normalized spacial score (nSPS) is 17.5. The number of carboxylic acid groups (broad SMARTS) is 1. The molecule has 0 spiro atoms. The van der Waals surface area contributed by atoms with Gasteiger partial charge in [-0.15, -0.1) is 13.2 Å². The highest BCUT2D eigenvalue weighted by Gasteiger charge is 2.52. The highest BCUT2D eigenvalue weighted by atomic mass is 19.4. The van der Waals surface area contributed by atoms with E-state index >= 15 is 0 Å². The number of amides is 2. The molecule has 2 amide bonds. The lowest BCUT2D eigenvalue weighted by Gasteiger charge is -2.35. The highest BCUT2D eigenvalue weighted by Crippen LogP contribution is 2.48. The van der Waals surface area contributed by atoms with Crippen LogP contribution >= 0.6 is 0 Å². The monoisotopic (exact) mass is 484 g/mol. The third kappa shape index (κ3) is 3.69. The van der Waals surface area contributed by atoms with Gasteiger partial charge in [-0.3, -0.25) is 15.0 Å². The molecule has 5 rings (SSSR count). The van der Waals surface area contributed by atoms with Crippen molar-refractivity contribution in [2.45, 2.75) is 12.1 Å². The molecule has 4 N–H and O–H groups in total. The standard InChI is InChI=1S/C23H15F3N4O5/c24-23(25,26)35-18-8-4-3-7-17(18)30-19(31)13-5-1-2-6-14(13)22(30,34)12-9-10-15-16(11-12)28-20(27-15)29-21(32)33/h1-11,34H,(H,32,33)(H2,27,28,29). The van der Waals surface area contributed by atoms with E-state index in [0.29, 0.717) is 5.52 Å². The number of para-hydroxylation sites is 2. The number of rotatable bonds is 4. The van der Waals surface area contributed by atoms with Crippen molar-refractivity contribution in [3.8, 4) is 5.75 Å². The fourth-order valence-electron chi connectivity index (χ4n) is 4.17. The average molecular weight is 484 g/mol. The summed E-state index contributed by atoms with van der Waals surface area (Å²) in [5.74, 6) is -1.48. The van der Waals surface area contributed by atoms with Gasteiger partial charge in [-0.2, -0.15) is 0 Å². The van der Waals surface area contributed by atoms with Gasteiger partial charge in [0, 0.05) is 16.7 Å². The summed E-state index contributed by atoms with van der Waals surface area (Å²) in [5.41, 5.74) is -1.52. The molecule has 0 bridgehead atoms. The number of halogens is 3. The average Bonchev–Trinajstić information content (AvgIpc) is 3.29. The van der Waals surface area contributed by atoms with Crippen LogP contribution in [0.2, 0.25) is 0 Å². The Hall–Kier alpha value is -4.58. The van der Waals surface area contributed by atoms with Crippen molar-refractivity contribution in [3.05, 3.63) is 83.4 Å². The van der Waals surface area contributed by atoms with Crippen molar-refractivity contribution in [1.82, 2.24) is 9.97 Å². The Morgan fingerprint density at radius 2 is 1.80 bits per heavy atom. The molecule has 1 unspecified atom stereocenters. The van der Waals surface area contributed by atoms with E-state index in [1.165, 1.54) is 48.5 Å². The fourth-order valence-corrected chi connectivity index (χ4v) is 4.17. The number of hydrogen-bond donors (Lipinski definition) is 4. The molecule has 1 aliphatic heterocycles. The first-order valence-electron chi connectivity index (χ1n) is 10.1. The highest BCUT2D eigenvalue weighted by molar-refractivity contribution is 6.13. The maximum absolute atomic E-state index is 13.4. The number of H-pyrrole nitrogens is 1. The topological polar surface area (TPSA) is 128 Å². The largest absolute Gasteiger partial charge is 0.573 e. The third-order valence-corrected chi connectivity index (χ3v) is 5.50. The molecule has 0 aliphatic carbocycles. The number of hydrogen-bond acceptors (Lipinski definition) is 5. The molecule has 12 heteroatoms. The number of ether oxygens (including phenoxy) is 1. The van der Waals surface area contributed by atoms with Crippen LogP contribution in [0, 0.1) is 0 Å². The van der Waals surface area contributed by atoms with Crippen LogP contribution in [0.1, 0.15) is 21.5 Å². The number of aromatic amines is 1. The summed E-state index contributed by atoms with van der Waals surface area (Å²) in [4.78, 5) is 32.1. The summed E-state index contributed by atoms with van der Waals surface area (Å²) in [6.45, 7) is 0. The summed E-state index contributed by atoms with van der Waals surface area (Å²) in [6, 6.07) is 15.5. The maximum atomic E-state index is 13.4. The smallest absolute Gasteiger partial charge is 0.465 e. The number of carbonyl (C=O) groups is 2. The number of benzene rings is 3. The van der Waals surface area contributed by atoms with Gasteiger partial charge in [0.25, 0.3) is 5.91 Å². The number of carbonyl (C=O) groups excluding carboxylic acids is 1. The zero-order valence-electron chi connectivity index (χ0n) is 17.5. The number of aliphatic hydroxyl groups is 1. The molecule has 35 heavy (non-hydrogen) atoms. The second kappa shape index (κ2) is 7.74. The van der Waals surface area contributed by atoms with Gasteiger partial charge in [0.1, 0.15) is 0 Å². The first-order chi connectivity index (χ1) is 16.6. The Kier molecular flexibility index (Phi) is 4.91. The molecule has 1 atom stereocenters. The number of nitrogens with zero attached hydrogens (tertiary/aromatic N) is 2. The Morgan fingerprint density at radius 3 is 2.54 bits per heavy atom. The van der Waals surface area contributed by atoms with Crippen molar-refractivity contribution in [1.29, 1.82) is 0 Å². The first kappa shape index (κ1) is 22.2. The lowest BCUT2D eigenvalue weighted by Crippen LogP contribution is -2.45. The van der Waals surface area contributed by atoms with Gasteiger partial charge in [-0.25, -0.2) is 9.78 Å². The van der Waals surface area contributed by atoms with Crippen molar-refractivity contribution in [2.75, 3.05) is 10.2 Å². The molecular weight excluding hydrogens is 469 g/mol. The quantitative estimate of drug-likeness (QED) is 0.340. The Morgan fingerprint density at radius 1 is 1.09 bits per heavy atom. The molecule has 3 aromatic carbocycles. The van der Waals surface area contributed by atoms with Crippen molar-refractivity contribution >= 4 is 34.7 Å². The van der Waals surface area contributed by atoms with E-state index in [-0.39, 0.29) is 33.8 Å². The fraction of sp³-hybridized carbons (Fsp3) is 0.0870. The Bertz CT molecular complexity index is 1490. The SMILES string of the molecule is O=C(O)Nc1nc2cc(C3(O)c4ccccc4C(=O)N3c3ccccc3OC(F)(F)F)ccc2[nH]1. The number of fused-ring (bicyclic) bond motifs is 2. The number of imidazole rings is 1. The molecule has 0 radical (unpaired) electrons. The van der Waals surface area contributed by atoms with Crippen LogP contribution in [0.15, 0.2) is 66.7 Å². The summed E-state index contributed by atoms with van der Waals surface area (Å²) < 4.78 is 43.5. The second-order valence-electron chi connectivity index (χ2n) is 7.62. The lowest BCUT2D eigenvalue weighted by atomic mass is 9.93. The van der Waals surface area contributed by atoms with Crippen LogP contribution < -0.4 is 15.0 Å². The van der Waals surface area contributed by atoms with Crippen LogP contribution in [-0.2, 0) is 5.72 Å². The molecule has 1 aliphatic rings. The van der Waals surface area contributed by atoms with E-state index in [9.17, 15) is 27.9 Å². The van der Waals surface area contributed by atoms with Crippen molar-refractivity contribution < 1.29 is 37.7 Å². The summed E-state index contributed by atoms with van der Waals surface area (Å²) in [5, 5.41) is 23.1. The molecule has 9 nitrogen and oxygen atoms in total. The first-order valence-corrected chi connectivity index (χ1v) is 10.1. The van der Waals surface area contributed by atoms with Crippen molar-refractivity contribution in [2.24, 2.45) is 0 Å². The van der Waals surface area contributed by atoms with Gasteiger partial charge in [0.05, 0.1) is 16.7 Å². The van der Waals surface area contributed by atoms with Gasteiger partial charge in [0.15, 0.2) is 11.5 Å². The molecule has 0 fully saturated rings. The van der Waals surface area contributed by atoms with E-state index in [4.69, 9.17) is 5.11 Å². The summed E-state index contributed by atoms with van der Waals surface area (Å²) in [7, 11) is 0. The Labute approximate surface area is 194 Å². The minimum absolute atomic E-state index is 0.0692. The molecule has 0 saturated heterocycles. The Balaban J connectivity index is 1.71.